The summed E-state index contributed by atoms with van der Waals surface area (Å²) in [4.78, 5) is 0.748. The third-order valence-corrected chi connectivity index (χ3v) is 3.41. The molecule has 3 N–H and O–H groups in total. The normalized spacial score (nSPS) is 11.0. The Labute approximate surface area is 131 Å². The summed E-state index contributed by atoms with van der Waals surface area (Å²) >= 11 is 0.878. The summed E-state index contributed by atoms with van der Waals surface area (Å²) in [6.45, 7) is 1.90. The topological polar surface area (TPSA) is 98.7 Å². The van der Waals surface area contributed by atoms with Gasteiger partial charge in [-0.3, -0.25) is 0 Å². The van der Waals surface area contributed by atoms with E-state index in [9.17, 15) is 0 Å². The Kier molecular flexibility index (Phi) is 5.73. The molecule has 0 unspecified atom stereocenters. The van der Waals surface area contributed by atoms with Crippen molar-refractivity contribution in [2.45, 2.75) is 11.8 Å². The molecule has 0 saturated heterocycles. The highest BCUT2D eigenvalue weighted by molar-refractivity contribution is 7.94. The van der Waals surface area contributed by atoms with Crippen LogP contribution in [-0.4, -0.2) is 12.4 Å². The maximum absolute atomic E-state index is 8.08. The van der Waals surface area contributed by atoms with Crippen molar-refractivity contribution in [3.05, 3.63) is 42.0 Å². The fourth-order valence-corrected chi connectivity index (χ4v) is 2.07. The van der Waals surface area contributed by atoms with Crippen LogP contribution in [0.3, 0.4) is 0 Å². The lowest BCUT2D eigenvalue weighted by molar-refractivity contribution is -0.432. The molecule has 0 aliphatic carbocycles. The average molecular weight is 321 g/mol. The molecular weight excluding hydrogens is 306 g/mol. The molecule has 0 fully saturated rings. The van der Waals surface area contributed by atoms with Crippen molar-refractivity contribution in [3.8, 4) is 5.75 Å². The summed E-state index contributed by atoms with van der Waals surface area (Å²) < 4.78 is 9.50. The minimum atomic E-state index is 0.562. The van der Waals surface area contributed by atoms with Crippen LogP contribution < -0.4 is 10.5 Å². The van der Waals surface area contributed by atoms with Gasteiger partial charge in [-0.05, 0) is 42.8 Å². The second kappa shape index (κ2) is 7.76. The van der Waals surface area contributed by atoms with Gasteiger partial charge in [0.05, 0.1) is 36.2 Å². The van der Waals surface area contributed by atoms with Crippen LogP contribution in [0.15, 0.2) is 51.5 Å². The molecule has 22 heavy (non-hydrogen) atoms. The number of benzene rings is 2. The fourth-order valence-electron chi connectivity index (χ4n) is 1.72. The Bertz CT molecular complexity index is 662. The summed E-state index contributed by atoms with van der Waals surface area (Å²) in [5, 5.41) is 20.0. The first kappa shape index (κ1) is 16.2. The maximum Gasteiger partial charge on any atom is 0.143 e. The lowest BCUT2D eigenvalue weighted by atomic mass is 10.1. The number of nitrogens with two attached hydrogens (primary N) is 1. The van der Waals surface area contributed by atoms with E-state index in [1.165, 1.54) is 0 Å². The van der Waals surface area contributed by atoms with Crippen LogP contribution in [0, 0.1) is 6.92 Å². The van der Waals surface area contributed by atoms with E-state index in [-0.39, 0.29) is 0 Å². The van der Waals surface area contributed by atoms with Crippen molar-refractivity contribution in [1.82, 2.24) is 0 Å². The van der Waals surface area contributed by atoms with E-state index in [1.54, 1.807) is 43.5 Å². The number of hydrogen-bond acceptors (Lipinski definition) is 8. The molecule has 2 aromatic rings. The Morgan fingerprint density at radius 3 is 2.50 bits per heavy atom. The Hall–Kier alpha value is -2.13. The molecule has 0 aliphatic heterocycles. The summed E-state index contributed by atoms with van der Waals surface area (Å²) in [5.74, 6) is 0.562. The van der Waals surface area contributed by atoms with Gasteiger partial charge in [-0.25, -0.2) is 5.26 Å². The molecule has 0 atom stereocenters. The fraction of sp³-hybridized carbons (Fsp3) is 0.143. The number of anilines is 1. The van der Waals surface area contributed by atoms with Gasteiger partial charge in [0.15, 0.2) is 0 Å². The molecule has 2 rings (SSSR count). The van der Waals surface area contributed by atoms with Gasteiger partial charge in [0.25, 0.3) is 0 Å². The molecule has 0 aliphatic rings. The quantitative estimate of drug-likeness (QED) is 0.268. The van der Waals surface area contributed by atoms with Gasteiger partial charge < -0.3 is 10.5 Å². The monoisotopic (exact) mass is 321 g/mol. The second-order valence-electron chi connectivity index (χ2n) is 4.30. The number of azo groups is 1. The van der Waals surface area contributed by atoms with E-state index in [1.807, 2.05) is 6.92 Å². The maximum atomic E-state index is 8.08. The number of aryl methyl sites for hydroxylation is 1. The van der Waals surface area contributed by atoms with E-state index in [4.69, 9.17) is 15.7 Å². The van der Waals surface area contributed by atoms with Crippen LogP contribution in [0.25, 0.3) is 0 Å². The van der Waals surface area contributed by atoms with E-state index < -0.39 is 0 Å². The first-order valence-electron chi connectivity index (χ1n) is 6.24. The zero-order valence-electron chi connectivity index (χ0n) is 12.0. The Morgan fingerprint density at radius 2 is 1.86 bits per heavy atom. The molecule has 0 bridgehead atoms. The van der Waals surface area contributed by atoms with E-state index in [0.717, 1.165) is 22.5 Å². The van der Waals surface area contributed by atoms with Gasteiger partial charge in [-0.15, -0.1) is 4.33 Å². The minimum absolute atomic E-state index is 0.562. The lowest BCUT2D eigenvalue weighted by Gasteiger charge is -2.07. The van der Waals surface area contributed by atoms with Crippen molar-refractivity contribution in [1.29, 1.82) is 0 Å². The van der Waals surface area contributed by atoms with Crippen molar-refractivity contribution < 1.29 is 19.4 Å². The van der Waals surface area contributed by atoms with E-state index >= 15 is 0 Å². The Balaban J connectivity index is 2.14. The van der Waals surface area contributed by atoms with Crippen LogP contribution in [0.5, 0.6) is 5.75 Å². The molecule has 2 aromatic carbocycles. The van der Waals surface area contributed by atoms with Gasteiger partial charge in [-0.1, -0.05) is 5.04 Å². The molecule has 0 aromatic heterocycles. The third kappa shape index (κ3) is 4.18. The van der Waals surface area contributed by atoms with Crippen molar-refractivity contribution in [2.75, 3.05) is 12.8 Å². The summed E-state index contributed by atoms with van der Waals surface area (Å²) in [7, 11) is 1.55. The molecule has 8 heteroatoms. The molecule has 0 heterocycles. The van der Waals surface area contributed by atoms with Gasteiger partial charge >= 0.3 is 0 Å². The Morgan fingerprint density at radius 1 is 1.14 bits per heavy atom. The lowest BCUT2D eigenvalue weighted by Crippen LogP contribution is -1.92. The molecular formula is C14H15N3O4S. The highest BCUT2D eigenvalue weighted by Crippen LogP contribution is 2.32. The van der Waals surface area contributed by atoms with Crippen molar-refractivity contribution in [2.24, 2.45) is 10.2 Å². The van der Waals surface area contributed by atoms with Crippen LogP contribution >= 0.6 is 12.0 Å². The third-order valence-electron chi connectivity index (χ3n) is 2.82. The first-order valence-corrected chi connectivity index (χ1v) is 6.99. The summed E-state index contributed by atoms with van der Waals surface area (Å²) in [6.07, 6.45) is 0. The molecule has 0 radical (unpaired) electrons. The molecule has 7 nitrogen and oxygen atoms in total. The zero-order chi connectivity index (χ0) is 15.9. The number of ether oxygens (including phenoxy) is 1. The first-order chi connectivity index (χ1) is 10.6. The van der Waals surface area contributed by atoms with E-state index in [0.29, 0.717) is 22.8 Å². The zero-order valence-corrected chi connectivity index (χ0v) is 12.8. The predicted octanol–water partition coefficient (Wildman–Crippen LogP) is 4.43. The second-order valence-corrected chi connectivity index (χ2v) is 5.07. The van der Waals surface area contributed by atoms with E-state index in [2.05, 4.69) is 19.6 Å². The highest BCUT2D eigenvalue weighted by Gasteiger charge is 2.05. The number of methoxy groups -OCH3 is 1. The highest BCUT2D eigenvalue weighted by atomic mass is 32.2. The average Bonchev–Trinajstić information content (AvgIpc) is 2.53. The minimum Gasteiger partial charge on any atom is -0.495 e. The van der Waals surface area contributed by atoms with Gasteiger partial charge in [0.2, 0.25) is 0 Å². The molecule has 0 spiro atoms. The molecule has 0 amide bonds. The SMILES string of the molecule is COc1cc(N=Nc2ccc(SOOO)cc2)c(C)cc1N. The van der Waals surface area contributed by atoms with Crippen LogP contribution in [0.1, 0.15) is 5.56 Å². The molecule has 116 valence electrons. The summed E-state index contributed by atoms with van der Waals surface area (Å²) in [5.41, 5.74) is 8.64. The smallest absolute Gasteiger partial charge is 0.143 e. The van der Waals surface area contributed by atoms with Crippen LogP contribution in [0.4, 0.5) is 17.1 Å². The standard InChI is InChI=1S/C14H15N3O4S/c1-9-7-12(15)14(19-2)8-13(9)17-16-10-3-5-11(6-4-10)22-21-20-18/h3-8,18H,15H2,1-2H3. The van der Waals surface area contributed by atoms with Gasteiger partial charge in [0, 0.05) is 11.0 Å². The van der Waals surface area contributed by atoms with Crippen LogP contribution in [0.2, 0.25) is 0 Å². The predicted molar refractivity (Wildman–Crippen MR) is 83.4 cm³/mol. The number of nitrogens with zero attached hydrogens (tertiary/aromatic N) is 2. The van der Waals surface area contributed by atoms with Gasteiger partial charge in [0.1, 0.15) is 5.75 Å². The summed E-state index contributed by atoms with van der Waals surface area (Å²) in [6, 6.07) is 10.6. The number of hydrogen-bond donors (Lipinski definition) is 2. The number of rotatable bonds is 6. The van der Waals surface area contributed by atoms with Crippen molar-refractivity contribution >= 4 is 29.1 Å². The van der Waals surface area contributed by atoms with Crippen molar-refractivity contribution in [3.63, 3.8) is 0 Å². The largest absolute Gasteiger partial charge is 0.495 e. The molecule has 0 saturated carbocycles. The van der Waals surface area contributed by atoms with Crippen LogP contribution in [-0.2, 0) is 9.37 Å². The number of nitrogen functional groups attached to an aromatic ring is 1. The van der Waals surface area contributed by atoms with Gasteiger partial charge in [-0.2, -0.15) is 10.2 Å².